The van der Waals surface area contributed by atoms with Gasteiger partial charge in [0.05, 0.1) is 26.3 Å². The molecule has 1 amide bonds. The maximum atomic E-state index is 12.5. The summed E-state index contributed by atoms with van der Waals surface area (Å²) >= 11 is 0. The predicted molar refractivity (Wildman–Crippen MR) is 90.8 cm³/mol. The van der Waals surface area contributed by atoms with Crippen LogP contribution in [0.25, 0.3) is 0 Å². The van der Waals surface area contributed by atoms with E-state index in [1.165, 1.54) is 18.3 Å². The van der Waals surface area contributed by atoms with E-state index in [-0.39, 0.29) is 44.0 Å². The summed E-state index contributed by atoms with van der Waals surface area (Å²) in [6.07, 6.45) is 1.82. The second-order valence-electron chi connectivity index (χ2n) is 5.51. The highest BCUT2D eigenvalue weighted by Gasteiger charge is 2.18. The fourth-order valence-electron chi connectivity index (χ4n) is 2.36. The Morgan fingerprint density at radius 3 is 2.40 bits per heavy atom. The molecule has 0 atom stereocenters. The average molecular weight is 343 g/mol. The van der Waals surface area contributed by atoms with E-state index in [2.05, 4.69) is 4.74 Å². The van der Waals surface area contributed by atoms with Crippen molar-refractivity contribution in [2.24, 2.45) is 0 Å². The molecule has 0 saturated carbocycles. The number of esters is 1. The Bertz CT molecular complexity index is 694. The molecule has 132 valence electrons. The number of ketones is 1. The molecule has 1 aromatic heterocycles. The number of hydrogen-bond acceptors (Lipinski definition) is 5. The summed E-state index contributed by atoms with van der Waals surface area (Å²) in [6.45, 7) is 0.466. The smallest absolute Gasteiger partial charge is 0.307 e. The molecule has 1 aromatic carbocycles. The third-order valence-corrected chi connectivity index (χ3v) is 3.75. The van der Waals surface area contributed by atoms with Crippen LogP contribution in [0.1, 0.15) is 35.4 Å². The molecule has 0 radical (unpaired) electrons. The molecule has 0 N–H and O–H groups in total. The van der Waals surface area contributed by atoms with Crippen LogP contribution in [0.15, 0.2) is 53.1 Å². The van der Waals surface area contributed by atoms with Gasteiger partial charge in [0.1, 0.15) is 5.76 Å². The number of carbonyl (C=O) groups excluding carboxylic acids is 3. The quantitative estimate of drug-likeness (QED) is 0.517. The first-order chi connectivity index (χ1) is 12.1. The molecule has 2 aromatic rings. The maximum Gasteiger partial charge on any atom is 0.307 e. The van der Waals surface area contributed by atoms with E-state index in [4.69, 9.17) is 4.42 Å². The van der Waals surface area contributed by atoms with Gasteiger partial charge in [-0.1, -0.05) is 30.3 Å². The molecule has 1 heterocycles. The number of rotatable bonds is 9. The van der Waals surface area contributed by atoms with E-state index >= 15 is 0 Å². The Balaban J connectivity index is 1.93. The van der Waals surface area contributed by atoms with Gasteiger partial charge >= 0.3 is 5.97 Å². The van der Waals surface area contributed by atoms with Crippen LogP contribution in [0.4, 0.5) is 0 Å². The minimum Gasteiger partial charge on any atom is -0.469 e. The Labute approximate surface area is 146 Å². The van der Waals surface area contributed by atoms with E-state index in [9.17, 15) is 14.4 Å². The lowest BCUT2D eigenvalue weighted by molar-refractivity contribution is -0.142. The van der Waals surface area contributed by atoms with Gasteiger partial charge in [0.25, 0.3) is 0 Å². The van der Waals surface area contributed by atoms with Crippen LogP contribution in [0.2, 0.25) is 0 Å². The molecule has 0 aliphatic carbocycles. The number of benzene rings is 1. The van der Waals surface area contributed by atoms with Crippen LogP contribution in [0.3, 0.4) is 0 Å². The van der Waals surface area contributed by atoms with Gasteiger partial charge in [0.2, 0.25) is 5.91 Å². The number of Topliss-reactive ketones (excluding diaryl/α,β-unsaturated/α-hetero) is 1. The third kappa shape index (κ3) is 5.91. The van der Waals surface area contributed by atoms with Crippen molar-refractivity contribution < 1.29 is 23.5 Å². The number of hydrogen-bond donors (Lipinski definition) is 0. The standard InChI is InChI=1S/C19H21NO5/c1-24-19(23)11-12-20(14-16-8-5-13-25-16)18(22)10-9-17(21)15-6-3-2-4-7-15/h2-8,13H,9-12,14H2,1H3. The van der Waals surface area contributed by atoms with Gasteiger partial charge < -0.3 is 14.1 Å². The van der Waals surface area contributed by atoms with Crippen molar-refractivity contribution >= 4 is 17.7 Å². The summed E-state index contributed by atoms with van der Waals surface area (Å²) < 4.78 is 9.88. The van der Waals surface area contributed by atoms with Crippen LogP contribution < -0.4 is 0 Å². The molecule has 0 saturated heterocycles. The zero-order valence-electron chi connectivity index (χ0n) is 14.1. The highest BCUT2D eigenvalue weighted by molar-refractivity contribution is 5.97. The zero-order chi connectivity index (χ0) is 18.1. The minimum atomic E-state index is -0.391. The summed E-state index contributed by atoms with van der Waals surface area (Å²) in [6, 6.07) is 12.4. The highest BCUT2D eigenvalue weighted by Crippen LogP contribution is 2.11. The molecule has 0 aliphatic rings. The number of amides is 1. The highest BCUT2D eigenvalue weighted by atomic mass is 16.5. The van der Waals surface area contributed by atoms with Gasteiger partial charge in [-0.3, -0.25) is 14.4 Å². The van der Waals surface area contributed by atoms with Gasteiger partial charge in [0, 0.05) is 24.9 Å². The number of furan rings is 1. The summed E-state index contributed by atoms with van der Waals surface area (Å²) in [7, 11) is 1.31. The maximum absolute atomic E-state index is 12.5. The van der Waals surface area contributed by atoms with Crippen molar-refractivity contribution in [3.8, 4) is 0 Å². The Morgan fingerprint density at radius 1 is 1.00 bits per heavy atom. The van der Waals surface area contributed by atoms with Crippen LogP contribution >= 0.6 is 0 Å². The lowest BCUT2D eigenvalue weighted by Crippen LogP contribution is -2.32. The number of ether oxygens (including phenoxy) is 1. The zero-order valence-corrected chi connectivity index (χ0v) is 14.1. The predicted octanol–water partition coefficient (Wildman–Crippen LogP) is 2.83. The monoisotopic (exact) mass is 343 g/mol. The van der Waals surface area contributed by atoms with Crippen molar-refractivity contribution in [3.05, 3.63) is 60.1 Å². The summed E-state index contributed by atoms with van der Waals surface area (Å²) in [4.78, 5) is 37.5. The van der Waals surface area contributed by atoms with Crippen molar-refractivity contribution in [2.75, 3.05) is 13.7 Å². The molecular formula is C19H21NO5. The molecule has 6 nitrogen and oxygen atoms in total. The van der Waals surface area contributed by atoms with E-state index in [1.807, 2.05) is 6.07 Å². The van der Waals surface area contributed by atoms with E-state index < -0.39 is 5.97 Å². The number of carbonyl (C=O) groups is 3. The van der Waals surface area contributed by atoms with Gasteiger partial charge in [-0.2, -0.15) is 0 Å². The van der Waals surface area contributed by atoms with Gasteiger partial charge in [-0.05, 0) is 12.1 Å². The van der Waals surface area contributed by atoms with Crippen molar-refractivity contribution in [1.29, 1.82) is 0 Å². The first kappa shape index (κ1) is 18.4. The molecule has 0 aliphatic heterocycles. The van der Waals surface area contributed by atoms with E-state index in [0.717, 1.165) is 0 Å². The lowest BCUT2D eigenvalue weighted by Gasteiger charge is -2.21. The van der Waals surface area contributed by atoms with E-state index in [1.54, 1.807) is 36.4 Å². The fraction of sp³-hybridized carbons (Fsp3) is 0.316. The topological polar surface area (TPSA) is 76.8 Å². The fourth-order valence-corrected chi connectivity index (χ4v) is 2.36. The number of methoxy groups -OCH3 is 1. The first-order valence-electron chi connectivity index (χ1n) is 8.05. The molecular weight excluding hydrogens is 322 g/mol. The van der Waals surface area contributed by atoms with Crippen molar-refractivity contribution in [1.82, 2.24) is 4.90 Å². The van der Waals surface area contributed by atoms with Crippen molar-refractivity contribution in [3.63, 3.8) is 0 Å². The Morgan fingerprint density at radius 2 is 1.76 bits per heavy atom. The summed E-state index contributed by atoms with van der Waals surface area (Å²) in [5.74, 6) is -0.0605. The molecule has 0 unspecified atom stereocenters. The Hall–Kier alpha value is -2.89. The van der Waals surface area contributed by atoms with Gasteiger partial charge in [-0.25, -0.2) is 0 Å². The van der Waals surface area contributed by atoms with Crippen LogP contribution in [-0.2, 0) is 20.9 Å². The molecule has 25 heavy (non-hydrogen) atoms. The van der Waals surface area contributed by atoms with Crippen LogP contribution in [0, 0.1) is 0 Å². The SMILES string of the molecule is COC(=O)CCN(Cc1ccco1)C(=O)CCC(=O)c1ccccc1. The van der Waals surface area contributed by atoms with Crippen LogP contribution in [0.5, 0.6) is 0 Å². The van der Waals surface area contributed by atoms with Crippen molar-refractivity contribution in [2.45, 2.75) is 25.8 Å². The summed E-state index contributed by atoms with van der Waals surface area (Å²) in [5, 5.41) is 0. The molecule has 0 spiro atoms. The number of nitrogens with zero attached hydrogens (tertiary/aromatic N) is 1. The van der Waals surface area contributed by atoms with E-state index in [0.29, 0.717) is 11.3 Å². The largest absolute Gasteiger partial charge is 0.469 e. The normalized spacial score (nSPS) is 10.3. The average Bonchev–Trinajstić information content (AvgIpc) is 3.16. The Kier molecular flexibility index (Phi) is 6.95. The third-order valence-electron chi connectivity index (χ3n) is 3.75. The van der Waals surface area contributed by atoms with Crippen LogP contribution in [-0.4, -0.2) is 36.2 Å². The van der Waals surface area contributed by atoms with Gasteiger partial charge in [0.15, 0.2) is 5.78 Å². The first-order valence-corrected chi connectivity index (χ1v) is 8.05. The minimum absolute atomic E-state index is 0.0790. The second-order valence-corrected chi connectivity index (χ2v) is 5.51. The molecule has 6 heteroatoms. The summed E-state index contributed by atoms with van der Waals surface area (Å²) in [5.41, 5.74) is 0.586. The second kappa shape index (κ2) is 9.42. The molecule has 0 bridgehead atoms. The lowest BCUT2D eigenvalue weighted by atomic mass is 10.1. The van der Waals surface area contributed by atoms with Gasteiger partial charge in [-0.15, -0.1) is 0 Å². The molecule has 0 fully saturated rings. The molecule has 2 rings (SSSR count).